The Balaban J connectivity index is 1.79. The molecule has 2 aliphatic heterocycles. The summed E-state index contributed by atoms with van der Waals surface area (Å²) in [5, 5.41) is 0. The molecule has 5 nitrogen and oxygen atoms in total. The third-order valence-corrected chi connectivity index (χ3v) is 3.93. The van der Waals surface area contributed by atoms with E-state index in [9.17, 15) is 4.79 Å². The van der Waals surface area contributed by atoms with Gasteiger partial charge in [0.2, 0.25) is 0 Å². The highest BCUT2D eigenvalue weighted by Gasteiger charge is 2.37. The van der Waals surface area contributed by atoms with Gasteiger partial charge in [0.25, 0.3) is 0 Å². The van der Waals surface area contributed by atoms with Gasteiger partial charge in [-0.05, 0) is 18.9 Å². The highest BCUT2D eigenvalue weighted by atomic mass is 16.6. The van der Waals surface area contributed by atoms with Crippen LogP contribution in [0.5, 0.6) is 0 Å². The molecule has 2 unspecified atom stereocenters. The summed E-state index contributed by atoms with van der Waals surface area (Å²) in [7, 11) is 0. The Morgan fingerprint density at radius 3 is 3.05 bits per heavy atom. The van der Waals surface area contributed by atoms with Crippen LogP contribution in [-0.4, -0.2) is 39.5 Å². The van der Waals surface area contributed by atoms with Crippen molar-refractivity contribution in [1.29, 1.82) is 0 Å². The number of fused-ring (bicyclic) bond motifs is 1. The van der Waals surface area contributed by atoms with Crippen molar-refractivity contribution in [3.8, 4) is 0 Å². The van der Waals surface area contributed by atoms with E-state index in [1.165, 1.54) is 5.56 Å². The highest BCUT2D eigenvalue weighted by Crippen LogP contribution is 2.25. The highest BCUT2D eigenvalue weighted by molar-refractivity contribution is 5.78. The van der Waals surface area contributed by atoms with Gasteiger partial charge in [0.15, 0.2) is 0 Å². The number of aryl methyl sites for hydroxylation is 1. The molecule has 19 heavy (non-hydrogen) atoms. The Hall–Kier alpha value is -1.49. The predicted molar refractivity (Wildman–Crippen MR) is 69.5 cm³/mol. The number of aromatic nitrogens is 2. The second-order valence-corrected chi connectivity index (χ2v) is 5.33. The van der Waals surface area contributed by atoms with Crippen LogP contribution < -0.4 is 0 Å². The first-order chi connectivity index (χ1) is 9.17. The summed E-state index contributed by atoms with van der Waals surface area (Å²) in [6, 6.07) is -0.0943. The number of rotatable bonds is 2. The van der Waals surface area contributed by atoms with E-state index in [1.54, 1.807) is 0 Å². The molecule has 1 aromatic heterocycles. The molecule has 0 bridgehead atoms. The third kappa shape index (κ3) is 2.34. The SMILES string of the molecule is CCc1ncc2c(n1)CN(C1CC(C)OC1=O)CC2. The Morgan fingerprint density at radius 2 is 2.37 bits per heavy atom. The van der Waals surface area contributed by atoms with Gasteiger partial charge in [0, 0.05) is 32.1 Å². The Labute approximate surface area is 113 Å². The van der Waals surface area contributed by atoms with Crippen molar-refractivity contribution >= 4 is 5.97 Å². The lowest BCUT2D eigenvalue weighted by molar-refractivity contribution is -0.145. The maximum Gasteiger partial charge on any atom is 0.323 e. The van der Waals surface area contributed by atoms with E-state index in [-0.39, 0.29) is 18.1 Å². The molecule has 0 amide bonds. The zero-order chi connectivity index (χ0) is 13.4. The second kappa shape index (κ2) is 4.89. The molecule has 1 aromatic rings. The summed E-state index contributed by atoms with van der Waals surface area (Å²) in [5.41, 5.74) is 2.29. The summed E-state index contributed by atoms with van der Waals surface area (Å²) in [4.78, 5) is 22.9. The van der Waals surface area contributed by atoms with Crippen LogP contribution in [-0.2, 0) is 28.9 Å². The molecule has 3 rings (SSSR count). The van der Waals surface area contributed by atoms with Crippen molar-refractivity contribution < 1.29 is 9.53 Å². The third-order valence-electron chi connectivity index (χ3n) is 3.93. The summed E-state index contributed by atoms with van der Waals surface area (Å²) in [6.07, 6.45) is 4.52. The van der Waals surface area contributed by atoms with Crippen molar-refractivity contribution in [1.82, 2.24) is 14.9 Å². The largest absolute Gasteiger partial charge is 0.461 e. The summed E-state index contributed by atoms with van der Waals surface area (Å²) >= 11 is 0. The average molecular weight is 261 g/mol. The van der Waals surface area contributed by atoms with Crippen LogP contribution in [0, 0.1) is 0 Å². The van der Waals surface area contributed by atoms with Gasteiger partial charge < -0.3 is 4.74 Å². The van der Waals surface area contributed by atoms with Gasteiger partial charge in [0.05, 0.1) is 5.69 Å². The Bertz CT molecular complexity index is 503. The minimum atomic E-state index is -0.0943. The van der Waals surface area contributed by atoms with Gasteiger partial charge in [-0.2, -0.15) is 0 Å². The number of carbonyl (C=O) groups excluding carboxylic acids is 1. The Kier molecular flexibility index (Phi) is 3.22. The fraction of sp³-hybridized carbons (Fsp3) is 0.643. The van der Waals surface area contributed by atoms with E-state index in [0.717, 1.165) is 43.9 Å². The normalized spacial score (nSPS) is 27.2. The van der Waals surface area contributed by atoms with Gasteiger partial charge in [-0.15, -0.1) is 0 Å². The lowest BCUT2D eigenvalue weighted by Gasteiger charge is -2.30. The van der Waals surface area contributed by atoms with E-state index in [0.29, 0.717) is 0 Å². The maximum absolute atomic E-state index is 11.8. The molecule has 0 N–H and O–H groups in total. The van der Waals surface area contributed by atoms with E-state index in [1.807, 2.05) is 13.1 Å². The van der Waals surface area contributed by atoms with E-state index >= 15 is 0 Å². The quantitative estimate of drug-likeness (QED) is 0.746. The minimum absolute atomic E-state index is 0.0375. The van der Waals surface area contributed by atoms with Crippen LogP contribution in [0.15, 0.2) is 6.20 Å². The first-order valence-corrected chi connectivity index (χ1v) is 6.95. The van der Waals surface area contributed by atoms with Crippen LogP contribution in [0.1, 0.15) is 37.4 Å². The molecule has 5 heteroatoms. The van der Waals surface area contributed by atoms with Crippen molar-refractivity contribution in [3.63, 3.8) is 0 Å². The van der Waals surface area contributed by atoms with Gasteiger partial charge in [-0.1, -0.05) is 6.92 Å². The standard InChI is InChI=1S/C14H19N3O2/c1-3-13-15-7-10-4-5-17(8-11(10)16-13)12-6-9(2)19-14(12)18/h7,9,12H,3-6,8H2,1-2H3. The van der Waals surface area contributed by atoms with Crippen molar-refractivity contribution in [2.24, 2.45) is 0 Å². The molecule has 0 aliphatic carbocycles. The molecule has 1 saturated heterocycles. The molecule has 2 aliphatic rings. The number of ether oxygens (including phenoxy) is 1. The van der Waals surface area contributed by atoms with Crippen LogP contribution in [0.2, 0.25) is 0 Å². The second-order valence-electron chi connectivity index (χ2n) is 5.33. The molecule has 1 fully saturated rings. The number of cyclic esters (lactones) is 1. The molecule has 0 spiro atoms. The summed E-state index contributed by atoms with van der Waals surface area (Å²) < 4.78 is 5.25. The fourth-order valence-corrected chi connectivity index (χ4v) is 2.83. The molecule has 0 aromatic carbocycles. The van der Waals surface area contributed by atoms with Gasteiger partial charge in [0.1, 0.15) is 18.0 Å². The lowest BCUT2D eigenvalue weighted by atomic mass is 10.0. The van der Waals surface area contributed by atoms with Crippen molar-refractivity contribution in [2.45, 2.75) is 51.8 Å². The van der Waals surface area contributed by atoms with Crippen molar-refractivity contribution in [2.75, 3.05) is 6.54 Å². The molecule has 2 atom stereocenters. The predicted octanol–water partition coefficient (Wildman–Crippen LogP) is 1.10. The van der Waals surface area contributed by atoms with Gasteiger partial charge in [-0.3, -0.25) is 9.69 Å². The van der Waals surface area contributed by atoms with Gasteiger partial charge in [-0.25, -0.2) is 9.97 Å². The van der Waals surface area contributed by atoms with E-state index in [2.05, 4.69) is 21.8 Å². The maximum atomic E-state index is 11.8. The topological polar surface area (TPSA) is 55.3 Å². The van der Waals surface area contributed by atoms with E-state index < -0.39 is 0 Å². The molecular formula is C14H19N3O2. The number of esters is 1. The van der Waals surface area contributed by atoms with E-state index in [4.69, 9.17) is 4.74 Å². The molecule has 0 radical (unpaired) electrons. The van der Waals surface area contributed by atoms with Gasteiger partial charge >= 0.3 is 5.97 Å². The Morgan fingerprint density at radius 1 is 1.53 bits per heavy atom. The number of hydrogen-bond donors (Lipinski definition) is 0. The number of hydrogen-bond acceptors (Lipinski definition) is 5. The first-order valence-electron chi connectivity index (χ1n) is 6.95. The zero-order valence-corrected chi connectivity index (χ0v) is 11.4. The smallest absolute Gasteiger partial charge is 0.323 e. The first kappa shape index (κ1) is 12.5. The monoisotopic (exact) mass is 261 g/mol. The van der Waals surface area contributed by atoms with Crippen molar-refractivity contribution in [3.05, 3.63) is 23.3 Å². The fourth-order valence-electron chi connectivity index (χ4n) is 2.83. The molecule has 0 saturated carbocycles. The minimum Gasteiger partial charge on any atom is -0.461 e. The molecule has 3 heterocycles. The summed E-state index contributed by atoms with van der Waals surface area (Å²) in [6.45, 7) is 5.62. The zero-order valence-electron chi connectivity index (χ0n) is 11.4. The van der Waals surface area contributed by atoms with Crippen LogP contribution in [0.25, 0.3) is 0 Å². The number of carbonyl (C=O) groups is 1. The molecular weight excluding hydrogens is 242 g/mol. The van der Waals surface area contributed by atoms with Crippen LogP contribution >= 0.6 is 0 Å². The molecule has 102 valence electrons. The lowest BCUT2D eigenvalue weighted by Crippen LogP contribution is -2.42. The van der Waals surface area contributed by atoms with Crippen LogP contribution in [0.4, 0.5) is 0 Å². The average Bonchev–Trinajstić information content (AvgIpc) is 2.76. The summed E-state index contributed by atoms with van der Waals surface area (Å²) in [5.74, 6) is 0.795. The number of nitrogens with zero attached hydrogens (tertiary/aromatic N) is 3. The van der Waals surface area contributed by atoms with Crippen LogP contribution in [0.3, 0.4) is 0 Å².